The van der Waals surface area contributed by atoms with Gasteiger partial charge in [-0.25, -0.2) is 0 Å². The molecule has 2 aromatic rings. The Bertz CT molecular complexity index is 602. The van der Waals surface area contributed by atoms with E-state index >= 15 is 0 Å². The number of benzene rings is 2. The summed E-state index contributed by atoms with van der Waals surface area (Å²) < 4.78 is 5.47. The van der Waals surface area contributed by atoms with E-state index in [-0.39, 0.29) is 5.91 Å². The van der Waals surface area contributed by atoms with Gasteiger partial charge in [-0.05, 0) is 24.3 Å². The van der Waals surface area contributed by atoms with Gasteiger partial charge in [0.25, 0.3) is 5.91 Å². The number of hydrogen-bond acceptors (Lipinski definition) is 2. The van der Waals surface area contributed by atoms with Gasteiger partial charge in [0, 0.05) is 0 Å². The normalized spacial score (nSPS) is 10.1. The number of amides is 1. The predicted molar refractivity (Wildman–Crippen MR) is 80.7 cm³/mol. The number of ether oxygens (including phenoxy) is 1. The molecule has 1 amide bonds. The number of rotatable bonds is 5. The Labute approximate surface area is 127 Å². The second kappa shape index (κ2) is 7.17. The Hall–Kier alpha value is -1.71. The van der Waals surface area contributed by atoms with Crippen molar-refractivity contribution in [2.24, 2.45) is 0 Å². The van der Waals surface area contributed by atoms with Crippen LogP contribution in [0.15, 0.2) is 48.5 Å². The van der Waals surface area contributed by atoms with Crippen molar-refractivity contribution in [2.75, 3.05) is 13.2 Å². The first-order valence-corrected chi connectivity index (χ1v) is 6.84. The summed E-state index contributed by atoms with van der Waals surface area (Å²) in [6, 6.07) is 14.1. The summed E-state index contributed by atoms with van der Waals surface area (Å²) in [5.41, 5.74) is 0.451. The lowest BCUT2D eigenvalue weighted by Crippen LogP contribution is -2.28. The third-order valence-corrected chi connectivity index (χ3v) is 3.24. The van der Waals surface area contributed by atoms with Gasteiger partial charge in [0.2, 0.25) is 0 Å². The van der Waals surface area contributed by atoms with Gasteiger partial charge in [0.15, 0.2) is 0 Å². The summed E-state index contributed by atoms with van der Waals surface area (Å²) in [7, 11) is 0. The van der Waals surface area contributed by atoms with Crippen molar-refractivity contribution >= 4 is 29.1 Å². The highest BCUT2D eigenvalue weighted by Gasteiger charge is 2.08. The average Bonchev–Trinajstić information content (AvgIpc) is 2.45. The van der Waals surface area contributed by atoms with Crippen molar-refractivity contribution in [3.05, 3.63) is 64.1 Å². The second-order valence-corrected chi connectivity index (χ2v) is 4.83. The number of para-hydroxylation sites is 1. The second-order valence-electron chi connectivity index (χ2n) is 4.01. The SMILES string of the molecule is O=C(NCCOc1ccccc1Cl)c1ccccc1Cl. The average molecular weight is 310 g/mol. The van der Waals surface area contributed by atoms with Crippen LogP contribution < -0.4 is 10.1 Å². The molecule has 2 aromatic carbocycles. The molecular formula is C15H13Cl2NO2. The lowest BCUT2D eigenvalue weighted by atomic mass is 10.2. The molecule has 0 bridgehead atoms. The first-order valence-electron chi connectivity index (χ1n) is 6.08. The molecule has 0 saturated heterocycles. The van der Waals surface area contributed by atoms with E-state index < -0.39 is 0 Å². The molecule has 20 heavy (non-hydrogen) atoms. The van der Waals surface area contributed by atoms with Crippen molar-refractivity contribution < 1.29 is 9.53 Å². The molecule has 0 aromatic heterocycles. The van der Waals surface area contributed by atoms with Crippen LogP contribution in [-0.4, -0.2) is 19.1 Å². The van der Waals surface area contributed by atoms with Gasteiger partial charge in [0.05, 0.1) is 22.2 Å². The molecule has 104 valence electrons. The van der Waals surface area contributed by atoms with E-state index in [1.807, 2.05) is 12.1 Å². The summed E-state index contributed by atoms with van der Waals surface area (Å²) in [5.74, 6) is 0.375. The molecule has 1 N–H and O–H groups in total. The fourth-order valence-corrected chi connectivity index (χ4v) is 2.04. The number of halogens is 2. The van der Waals surface area contributed by atoms with Crippen LogP contribution in [0.5, 0.6) is 5.75 Å². The number of hydrogen-bond donors (Lipinski definition) is 1. The number of carbonyl (C=O) groups is 1. The largest absolute Gasteiger partial charge is 0.490 e. The molecule has 0 heterocycles. The van der Waals surface area contributed by atoms with Crippen molar-refractivity contribution in [3.63, 3.8) is 0 Å². The van der Waals surface area contributed by atoms with Gasteiger partial charge in [0.1, 0.15) is 12.4 Å². The highest BCUT2D eigenvalue weighted by molar-refractivity contribution is 6.33. The summed E-state index contributed by atoms with van der Waals surface area (Å²) in [6.07, 6.45) is 0. The summed E-state index contributed by atoms with van der Waals surface area (Å²) in [4.78, 5) is 11.9. The van der Waals surface area contributed by atoms with Crippen molar-refractivity contribution in [2.45, 2.75) is 0 Å². The highest BCUT2D eigenvalue weighted by atomic mass is 35.5. The molecule has 0 aliphatic rings. The molecule has 0 unspecified atom stereocenters. The third kappa shape index (κ3) is 3.89. The first kappa shape index (κ1) is 14.7. The Morgan fingerprint density at radius 1 is 1.00 bits per heavy atom. The van der Waals surface area contributed by atoms with E-state index in [2.05, 4.69) is 5.32 Å². The fourth-order valence-electron chi connectivity index (χ4n) is 1.63. The fraction of sp³-hybridized carbons (Fsp3) is 0.133. The molecule has 0 aliphatic heterocycles. The molecule has 0 fully saturated rings. The molecule has 2 rings (SSSR count). The standard InChI is InChI=1S/C15H13Cl2NO2/c16-12-6-2-1-5-11(12)15(19)18-9-10-20-14-8-4-3-7-13(14)17/h1-8H,9-10H2,(H,18,19). The van der Waals surface area contributed by atoms with Gasteiger partial charge < -0.3 is 10.1 Å². The Morgan fingerprint density at radius 2 is 1.65 bits per heavy atom. The highest BCUT2D eigenvalue weighted by Crippen LogP contribution is 2.22. The van der Waals surface area contributed by atoms with E-state index in [1.165, 1.54) is 0 Å². The molecule has 0 atom stereocenters. The van der Waals surface area contributed by atoms with Gasteiger partial charge in [-0.15, -0.1) is 0 Å². The van der Waals surface area contributed by atoms with Crippen molar-refractivity contribution in [1.82, 2.24) is 5.32 Å². The summed E-state index contributed by atoms with van der Waals surface area (Å²) in [5, 5.41) is 3.71. The van der Waals surface area contributed by atoms with E-state index in [4.69, 9.17) is 27.9 Å². The summed E-state index contributed by atoms with van der Waals surface area (Å²) >= 11 is 11.9. The van der Waals surface area contributed by atoms with E-state index in [0.29, 0.717) is 34.5 Å². The third-order valence-electron chi connectivity index (χ3n) is 2.60. The number of nitrogens with one attached hydrogen (secondary N) is 1. The van der Waals surface area contributed by atoms with E-state index in [1.54, 1.807) is 36.4 Å². The molecule has 0 radical (unpaired) electrons. The Kier molecular flexibility index (Phi) is 5.27. The van der Waals surface area contributed by atoms with Crippen LogP contribution in [-0.2, 0) is 0 Å². The van der Waals surface area contributed by atoms with Crippen LogP contribution in [0.25, 0.3) is 0 Å². The molecule has 0 saturated carbocycles. The van der Waals surface area contributed by atoms with Gasteiger partial charge in [-0.2, -0.15) is 0 Å². The molecule has 0 spiro atoms. The first-order chi connectivity index (χ1) is 9.68. The maximum atomic E-state index is 11.9. The minimum absolute atomic E-state index is 0.224. The van der Waals surface area contributed by atoms with Crippen LogP contribution in [0.3, 0.4) is 0 Å². The van der Waals surface area contributed by atoms with Crippen molar-refractivity contribution in [1.29, 1.82) is 0 Å². The zero-order chi connectivity index (χ0) is 14.4. The Morgan fingerprint density at radius 3 is 2.35 bits per heavy atom. The van der Waals surface area contributed by atoms with E-state index in [0.717, 1.165) is 0 Å². The van der Waals surface area contributed by atoms with Gasteiger partial charge in [-0.1, -0.05) is 47.5 Å². The van der Waals surface area contributed by atoms with Crippen LogP contribution in [0.4, 0.5) is 0 Å². The smallest absolute Gasteiger partial charge is 0.252 e. The van der Waals surface area contributed by atoms with E-state index in [9.17, 15) is 4.79 Å². The van der Waals surface area contributed by atoms with Crippen molar-refractivity contribution in [3.8, 4) is 5.75 Å². The zero-order valence-electron chi connectivity index (χ0n) is 10.6. The maximum Gasteiger partial charge on any atom is 0.252 e. The van der Waals surface area contributed by atoms with Gasteiger partial charge in [-0.3, -0.25) is 4.79 Å². The number of carbonyl (C=O) groups excluding carboxylic acids is 1. The Balaban J connectivity index is 1.81. The van der Waals surface area contributed by atoms with Crippen LogP contribution in [0, 0.1) is 0 Å². The van der Waals surface area contributed by atoms with Crippen LogP contribution in [0.2, 0.25) is 10.0 Å². The lowest BCUT2D eigenvalue weighted by molar-refractivity contribution is 0.0947. The monoisotopic (exact) mass is 309 g/mol. The lowest BCUT2D eigenvalue weighted by Gasteiger charge is -2.09. The topological polar surface area (TPSA) is 38.3 Å². The summed E-state index contributed by atoms with van der Waals surface area (Å²) in [6.45, 7) is 0.704. The predicted octanol–water partition coefficient (Wildman–Crippen LogP) is 3.80. The minimum atomic E-state index is -0.224. The molecular weight excluding hydrogens is 297 g/mol. The molecule has 5 heteroatoms. The van der Waals surface area contributed by atoms with Crippen LogP contribution >= 0.6 is 23.2 Å². The quantitative estimate of drug-likeness (QED) is 0.853. The maximum absolute atomic E-state index is 11.9. The zero-order valence-corrected chi connectivity index (χ0v) is 12.1. The minimum Gasteiger partial charge on any atom is -0.490 e. The van der Waals surface area contributed by atoms with Gasteiger partial charge >= 0.3 is 0 Å². The molecule has 0 aliphatic carbocycles. The molecule has 3 nitrogen and oxygen atoms in total. The van der Waals surface area contributed by atoms with Crippen LogP contribution in [0.1, 0.15) is 10.4 Å².